The van der Waals surface area contributed by atoms with Crippen LogP contribution in [0.3, 0.4) is 0 Å². The quantitative estimate of drug-likeness (QED) is 0.872. The zero-order chi connectivity index (χ0) is 14.0. The van der Waals surface area contributed by atoms with Crippen molar-refractivity contribution in [2.75, 3.05) is 0 Å². The Balaban J connectivity index is 2.33. The van der Waals surface area contributed by atoms with Crippen molar-refractivity contribution < 1.29 is 4.39 Å². The molecular weight excluding hydrogens is 263 g/mol. The van der Waals surface area contributed by atoms with Crippen LogP contribution in [0.1, 0.15) is 16.7 Å². The van der Waals surface area contributed by atoms with Gasteiger partial charge in [-0.3, -0.25) is 4.79 Å². The van der Waals surface area contributed by atoms with Crippen LogP contribution in [-0.4, -0.2) is 9.56 Å². The molecule has 0 unspecified atom stereocenters. The molecule has 19 heavy (non-hydrogen) atoms. The van der Waals surface area contributed by atoms with E-state index < -0.39 is 5.82 Å². The largest absolute Gasteiger partial charge is 0.389 e. The van der Waals surface area contributed by atoms with E-state index in [1.807, 2.05) is 13.0 Å². The minimum Gasteiger partial charge on any atom is -0.389 e. The first-order valence-electron chi connectivity index (χ1n) is 5.72. The number of halogens is 1. The van der Waals surface area contributed by atoms with E-state index >= 15 is 0 Å². The summed E-state index contributed by atoms with van der Waals surface area (Å²) >= 11 is 4.79. The van der Waals surface area contributed by atoms with Gasteiger partial charge in [0.05, 0.1) is 6.54 Å². The molecule has 98 valence electrons. The topological polar surface area (TPSA) is 48.0 Å². The zero-order valence-corrected chi connectivity index (χ0v) is 11.2. The van der Waals surface area contributed by atoms with E-state index in [9.17, 15) is 9.18 Å². The van der Waals surface area contributed by atoms with Crippen molar-refractivity contribution in [1.29, 1.82) is 0 Å². The van der Waals surface area contributed by atoms with Crippen molar-refractivity contribution in [2.24, 2.45) is 5.73 Å². The number of aryl methyl sites for hydroxylation is 1. The Morgan fingerprint density at radius 2 is 2.11 bits per heavy atom. The molecule has 0 radical (unpaired) electrons. The van der Waals surface area contributed by atoms with Gasteiger partial charge in [-0.1, -0.05) is 24.4 Å². The minimum atomic E-state index is -0.419. The summed E-state index contributed by atoms with van der Waals surface area (Å²) in [5.41, 5.74) is 7.06. The second kappa shape index (κ2) is 5.32. The van der Waals surface area contributed by atoms with Gasteiger partial charge in [0.25, 0.3) is 5.56 Å². The molecule has 2 rings (SSSR count). The summed E-state index contributed by atoms with van der Waals surface area (Å²) in [5, 5.41) is 0. The zero-order valence-electron chi connectivity index (χ0n) is 10.4. The second-order valence-electron chi connectivity index (χ2n) is 4.34. The fourth-order valence-corrected chi connectivity index (χ4v) is 1.88. The highest BCUT2D eigenvalue weighted by Gasteiger charge is 2.06. The van der Waals surface area contributed by atoms with Crippen LogP contribution < -0.4 is 11.3 Å². The molecule has 2 N–H and O–H groups in total. The Bertz CT molecular complexity index is 694. The van der Waals surface area contributed by atoms with Gasteiger partial charge in [0.1, 0.15) is 10.8 Å². The van der Waals surface area contributed by atoms with Crippen LogP contribution in [0, 0.1) is 12.7 Å². The molecule has 0 amide bonds. The summed E-state index contributed by atoms with van der Waals surface area (Å²) in [6.07, 6.45) is 1.65. The van der Waals surface area contributed by atoms with E-state index in [4.69, 9.17) is 18.0 Å². The third-order valence-electron chi connectivity index (χ3n) is 2.83. The fourth-order valence-electron chi connectivity index (χ4n) is 1.75. The van der Waals surface area contributed by atoms with Crippen LogP contribution in [0.5, 0.6) is 0 Å². The molecule has 0 aliphatic rings. The minimum absolute atomic E-state index is 0.151. The first-order valence-corrected chi connectivity index (χ1v) is 6.13. The highest BCUT2D eigenvalue weighted by atomic mass is 32.1. The number of benzene rings is 1. The van der Waals surface area contributed by atoms with Gasteiger partial charge >= 0.3 is 0 Å². The van der Waals surface area contributed by atoms with Crippen LogP contribution in [0.2, 0.25) is 0 Å². The Hall–Kier alpha value is -2.01. The Morgan fingerprint density at radius 1 is 1.37 bits per heavy atom. The lowest BCUT2D eigenvalue weighted by atomic mass is 10.1. The summed E-state index contributed by atoms with van der Waals surface area (Å²) in [7, 11) is 0. The van der Waals surface area contributed by atoms with E-state index in [1.165, 1.54) is 16.7 Å². The number of aromatic nitrogens is 1. The van der Waals surface area contributed by atoms with Crippen molar-refractivity contribution in [1.82, 2.24) is 4.57 Å². The molecule has 0 aliphatic heterocycles. The van der Waals surface area contributed by atoms with Crippen LogP contribution in [0.15, 0.2) is 41.3 Å². The van der Waals surface area contributed by atoms with Gasteiger partial charge < -0.3 is 10.3 Å². The second-order valence-corrected chi connectivity index (χ2v) is 4.78. The number of hydrogen-bond donors (Lipinski definition) is 1. The summed E-state index contributed by atoms with van der Waals surface area (Å²) in [6, 6.07) is 7.86. The van der Waals surface area contributed by atoms with Crippen molar-refractivity contribution >= 4 is 17.2 Å². The van der Waals surface area contributed by atoms with Crippen LogP contribution in [0.25, 0.3) is 0 Å². The van der Waals surface area contributed by atoms with Crippen LogP contribution in [0.4, 0.5) is 4.39 Å². The molecule has 0 aliphatic carbocycles. The summed E-state index contributed by atoms with van der Waals surface area (Å²) < 4.78 is 15.3. The lowest BCUT2D eigenvalue weighted by Crippen LogP contribution is -2.20. The predicted molar refractivity (Wildman–Crippen MR) is 76.8 cm³/mol. The lowest BCUT2D eigenvalue weighted by Gasteiger charge is -2.08. The average Bonchev–Trinajstić information content (AvgIpc) is 2.34. The number of rotatable bonds is 3. The van der Waals surface area contributed by atoms with Crippen LogP contribution in [-0.2, 0) is 6.54 Å². The third-order valence-corrected chi connectivity index (χ3v) is 3.07. The first kappa shape index (κ1) is 13.4. The van der Waals surface area contributed by atoms with E-state index in [1.54, 1.807) is 18.3 Å². The number of thiocarbonyl (C=S) groups is 1. The molecule has 1 aromatic carbocycles. The fraction of sp³-hybridized carbons (Fsp3) is 0.143. The van der Waals surface area contributed by atoms with E-state index in [-0.39, 0.29) is 17.1 Å². The van der Waals surface area contributed by atoms with Gasteiger partial charge in [-0.2, -0.15) is 0 Å². The van der Waals surface area contributed by atoms with E-state index in [0.29, 0.717) is 11.1 Å². The maximum absolute atomic E-state index is 13.9. The number of nitrogens with zero attached hydrogens (tertiary/aromatic N) is 1. The molecule has 1 heterocycles. The maximum atomic E-state index is 13.9. The van der Waals surface area contributed by atoms with E-state index in [2.05, 4.69) is 0 Å². The highest BCUT2D eigenvalue weighted by Crippen LogP contribution is 2.11. The molecule has 1 aromatic heterocycles. The average molecular weight is 276 g/mol. The number of hydrogen-bond acceptors (Lipinski definition) is 2. The van der Waals surface area contributed by atoms with Gasteiger partial charge in [-0.15, -0.1) is 0 Å². The monoisotopic (exact) mass is 276 g/mol. The SMILES string of the molecule is Cc1ccn(Cc2ccc(C(N)=S)cc2F)c(=O)c1. The standard InChI is InChI=1S/C14H13FN2OS/c1-9-4-5-17(13(18)6-9)8-11-3-2-10(14(16)19)7-12(11)15/h2-7H,8H2,1H3,(H2,16,19). The molecule has 0 fully saturated rings. The van der Waals surface area contributed by atoms with Crippen molar-refractivity contribution in [3.63, 3.8) is 0 Å². The van der Waals surface area contributed by atoms with Gasteiger partial charge in [-0.25, -0.2) is 4.39 Å². The molecular formula is C14H13FN2OS. The molecule has 0 saturated carbocycles. The molecule has 0 bridgehead atoms. The lowest BCUT2D eigenvalue weighted by molar-refractivity contribution is 0.596. The normalized spacial score (nSPS) is 10.4. The molecule has 3 nitrogen and oxygen atoms in total. The summed E-state index contributed by atoms with van der Waals surface area (Å²) in [5.74, 6) is -0.419. The Kier molecular flexibility index (Phi) is 3.76. The maximum Gasteiger partial charge on any atom is 0.251 e. The van der Waals surface area contributed by atoms with Gasteiger partial charge in [0.2, 0.25) is 0 Å². The Labute approximate surface area is 115 Å². The highest BCUT2D eigenvalue weighted by molar-refractivity contribution is 7.80. The summed E-state index contributed by atoms with van der Waals surface area (Å²) in [6.45, 7) is 2.02. The number of pyridine rings is 1. The van der Waals surface area contributed by atoms with Gasteiger partial charge in [0, 0.05) is 23.4 Å². The smallest absolute Gasteiger partial charge is 0.251 e. The molecule has 0 atom stereocenters. The Morgan fingerprint density at radius 3 is 2.68 bits per heavy atom. The first-order chi connectivity index (χ1) is 8.97. The molecule has 2 aromatic rings. The van der Waals surface area contributed by atoms with Crippen LogP contribution >= 0.6 is 12.2 Å². The third kappa shape index (κ3) is 3.06. The van der Waals surface area contributed by atoms with Crippen molar-refractivity contribution in [2.45, 2.75) is 13.5 Å². The summed E-state index contributed by atoms with van der Waals surface area (Å²) in [4.78, 5) is 11.9. The van der Waals surface area contributed by atoms with Gasteiger partial charge in [0.15, 0.2) is 0 Å². The van der Waals surface area contributed by atoms with Crippen molar-refractivity contribution in [3.05, 3.63) is 69.4 Å². The predicted octanol–water partition coefficient (Wildman–Crippen LogP) is 1.98. The van der Waals surface area contributed by atoms with Gasteiger partial charge in [-0.05, 0) is 24.6 Å². The van der Waals surface area contributed by atoms with E-state index in [0.717, 1.165) is 5.56 Å². The van der Waals surface area contributed by atoms with Crippen molar-refractivity contribution in [3.8, 4) is 0 Å². The molecule has 0 spiro atoms. The molecule has 0 saturated heterocycles. The number of nitrogens with two attached hydrogens (primary N) is 1. The molecule has 5 heteroatoms.